The maximum Gasteiger partial charge on any atom is 0.197 e. The molecule has 4 nitrogen and oxygen atoms in total. The molecule has 0 amide bonds. The van der Waals surface area contributed by atoms with Crippen molar-refractivity contribution in [1.29, 1.82) is 0 Å². The minimum Gasteiger partial charge on any atom is -0.493 e. The van der Waals surface area contributed by atoms with Crippen molar-refractivity contribution >= 4 is 12.4 Å². The summed E-state index contributed by atoms with van der Waals surface area (Å²) in [5, 5.41) is 0. The van der Waals surface area contributed by atoms with E-state index < -0.39 is 0 Å². The van der Waals surface area contributed by atoms with E-state index in [1.54, 1.807) is 12.5 Å². The van der Waals surface area contributed by atoms with Crippen LogP contribution in [-0.2, 0) is 13.0 Å². The van der Waals surface area contributed by atoms with Crippen molar-refractivity contribution in [2.45, 2.75) is 13.0 Å². The third-order valence-electron chi connectivity index (χ3n) is 2.47. The molecule has 1 aromatic carbocycles. The van der Waals surface area contributed by atoms with Crippen LogP contribution < -0.4 is 4.74 Å². The van der Waals surface area contributed by atoms with Crippen LogP contribution in [0.5, 0.6) is 5.75 Å². The van der Waals surface area contributed by atoms with Crippen LogP contribution in [0.3, 0.4) is 0 Å². The van der Waals surface area contributed by atoms with Gasteiger partial charge in [-0.2, -0.15) is 0 Å². The molecule has 0 aliphatic heterocycles. The Morgan fingerprint density at radius 1 is 1.32 bits per heavy atom. The highest BCUT2D eigenvalue weighted by Gasteiger charge is 2.01. The Balaban J connectivity index is 0.00000180. The Hall–Kier alpha value is -1.52. The zero-order valence-corrected chi connectivity index (χ0v) is 12.0. The van der Waals surface area contributed by atoms with E-state index in [1.807, 2.05) is 12.1 Å². The molecule has 19 heavy (non-hydrogen) atoms. The van der Waals surface area contributed by atoms with Gasteiger partial charge in [0.1, 0.15) is 12.0 Å². The monoisotopic (exact) mass is 282 g/mol. The molecule has 0 saturated carbocycles. The molecule has 0 aliphatic rings. The summed E-state index contributed by atoms with van der Waals surface area (Å²) in [5.41, 5.74) is 1.24. The molecule has 0 unspecified atom stereocenters. The number of rotatable bonds is 6. The van der Waals surface area contributed by atoms with Crippen molar-refractivity contribution in [3.63, 3.8) is 0 Å². The van der Waals surface area contributed by atoms with Gasteiger partial charge in [0, 0.05) is 6.54 Å². The van der Waals surface area contributed by atoms with Gasteiger partial charge in [0.15, 0.2) is 5.89 Å². The standard InChI is InChI=1S/C14H18N2O2.ClH/c1-16(2)11-12-4-3-5-13(10-12)17-8-6-14-15-7-9-18-14;/h3-5,7,9-10H,6,8,11H2,1-2H3;1H. The van der Waals surface area contributed by atoms with Crippen LogP contribution >= 0.6 is 12.4 Å². The summed E-state index contributed by atoms with van der Waals surface area (Å²) < 4.78 is 10.8. The second-order valence-corrected chi connectivity index (χ2v) is 4.41. The molecular formula is C14H19ClN2O2. The van der Waals surface area contributed by atoms with Crippen LogP contribution in [0.15, 0.2) is 41.1 Å². The molecule has 1 heterocycles. The molecule has 2 aromatic rings. The highest BCUT2D eigenvalue weighted by molar-refractivity contribution is 5.85. The van der Waals surface area contributed by atoms with Gasteiger partial charge in [0.25, 0.3) is 0 Å². The molecule has 104 valence electrons. The number of nitrogens with zero attached hydrogens (tertiary/aromatic N) is 2. The Morgan fingerprint density at radius 2 is 2.16 bits per heavy atom. The second kappa shape index (κ2) is 7.81. The van der Waals surface area contributed by atoms with Gasteiger partial charge in [-0.15, -0.1) is 12.4 Å². The first kappa shape index (κ1) is 15.5. The zero-order valence-electron chi connectivity index (χ0n) is 11.2. The smallest absolute Gasteiger partial charge is 0.197 e. The van der Waals surface area contributed by atoms with Gasteiger partial charge in [-0.05, 0) is 31.8 Å². The molecule has 0 radical (unpaired) electrons. The molecule has 0 saturated heterocycles. The molecule has 2 rings (SSSR count). The molecule has 0 N–H and O–H groups in total. The average molecular weight is 283 g/mol. The highest BCUT2D eigenvalue weighted by atomic mass is 35.5. The number of oxazole rings is 1. The van der Waals surface area contributed by atoms with Gasteiger partial charge in [0.2, 0.25) is 0 Å². The van der Waals surface area contributed by atoms with Crippen molar-refractivity contribution in [3.8, 4) is 5.75 Å². The zero-order chi connectivity index (χ0) is 12.8. The predicted molar refractivity (Wildman–Crippen MR) is 76.8 cm³/mol. The van der Waals surface area contributed by atoms with Gasteiger partial charge in [-0.25, -0.2) is 4.98 Å². The summed E-state index contributed by atoms with van der Waals surface area (Å²) in [6.07, 6.45) is 3.91. The lowest BCUT2D eigenvalue weighted by Crippen LogP contribution is -2.10. The van der Waals surface area contributed by atoms with Gasteiger partial charge in [0.05, 0.1) is 19.2 Å². The fourth-order valence-electron chi connectivity index (χ4n) is 1.73. The first-order valence-electron chi connectivity index (χ1n) is 5.99. The van der Waals surface area contributed by atoms with E-state index in [2.05, 4.69) is 36.1 Å². The number of hydrogen-bond acceptors (Lipinski definition) is 4. The van der Waals surface area contributed by atoms with E-state index in [9.17, 15) is 0 Å². The molecule has 0 aliphatic carbocycles. The summed E-state index contributed by atoms with van der Waals surface area (Å²) in [5.74, 6) is 1.60. The first-order valence-corrected chi connectivity index (χ1v) is 5.99. The van der Waals surface area contributed by atoms with Gasteiger partial charge in [-0.3, -0.25) is 0 Å². The lowest BCUT2D eigenvalue weighted by atomic mass is 10.2. The predicted octanol–water partition coefficient (Wildman–Crippen LogP) is 2.78. The van der Waals surface area contributed by atoms with Gasteiger partial charge >= 0.3 is 0 Å². The molecule has 0 spiro atoms. The summed E-state index contributed by atoms with van der Waals surface area (Å²) in [6, 6.07) is 8.14. The molecule has 0 fully saturated rings. The van der Waals surface area contributed by atoms with Gasteiger partial charge < -0.3 is 14.1 Å². The highest BCUT2D eigenvalue weighted by Crippen LogP contribution is 2.14. The summed E-state index contributed by atoms with van der Waals surface area (Å²) >= 11 is 0. The average Bonchev–Trinajstić information content (AvgIpc) is 2.82. The largest absolute Gasteiger partial charge is 0.493 e. The van der Waals surface area contributed by atoms with E-state index in [0.29, 0.717) is 18.9 Å². The van der Waals surface area contributed by atoms with Crippen LogP contribution in [-0.4, -0.2) is 30.6 Å². The Kier molecular flexibility index (Phi) is 6.39. The van der Waals surface area contributed by atoms with Crippen LogP contribution in [0.4, 0.5) is 0 Å². The molecule has 5 heteroatoms. The molecule has 1 aromatic heterocycles. The van der Waals surface area contributed by atoms with E-state index in [4.69, 9.17) is 9.15 Å². The van der Waals surface area contributed by atoms with E-state index in [1.165, 1.54) is 5.56 Å². The first-order chi connectivity index (χ1) is 8.74. The van der Waals surface area contributed by atoms with Crippen molar-refractivity contribution in [2.75, 3.05) is 20.7 Å². The van der Waals surface area contributed by atoms with E-state index >= 15 is 0 Å². The maximum absolute atomic E-state index is 5.68. The number of benzene rings is 1. The van der Waals surface area contributed by atoms with Crippen molar-refractivity contribution in [1.82, 2.24) is 9.88 Å². The number of hydrogen-bond donors (Lipinski definition) is 0. The van der Waals surface area contributed by atoms with Crippen LogP contribution in [0.1, 0.15) is 11.5 Å². The topological polar surface area (TPSA) is 38.5 Å². The fraction of sp³-hybridized carbons (Fsp3) is 0.357. The van der Waals surface area contributed by atoms with Gasteiger partial charge in [-0.1, -0.05) is 12.1 Å². The summed E-state index contributed by atoms with van der Waals surface area (Å²) in [4.78, 5) is 6.18. The van der Waals surface area contributed by atoms with Crippen molar-refractivity contribution in [2.24, 2.45) is 0 Å². The third kappa shape index (κ3) is 5.32. The third-order valence-corrected chi connectivity index (χ3v) is 2.47. The van der Waals surface area contributed by atoms with Crippen LogP contribution in [0, 0.1) is 0 Å². The lowest BCUT2D eigenvalue weighted by molar-refractivity contribution is 0.305. The summed E-state index contributed by atoms with van der Waals surface area (Å²) in [6.45, 7) is 1.49. The Labute approximate surface area is 119 Å². The van der Waals surface area contributed by atoms with Crippen molar-refractivity contribution in [3.05, 3.63) is 48.2 Å². The minimum absolute atomic E-state index is 0. The van der Waals surface area contributed by atoms with Crippen LogP contribution in [0.25, 0.3) is 0 Å². The maximum atomic E-state index is 5.68. The number of halogens is 1. The van der Waals surface area contributed by atoms with Crippen LogP contribution in [0.2, 0.25) is 0 Å². The molecule has 0 atom stereocenters. The van der Waals surface area contributed by atoms with E-state index in [-0.39, 0.29) is 12.4 Å². The number of aromatic nitrogens is 1. The molecular weight excluding hydrogens is 264 g/mol. The normalized spacial score (nSPS) is 10.3. The van der Waals surface area contributed by atoms with Crippen molar-refractivity contribution < 1.29 is 9.15 Å². The van der Waals surface area contributed by atoms with E-state index in [0.717, 1.165) is 12.3 Å². The number of ether oxygens (including phenoxy) is 1. The Morgan fingerprint density at radius 3 is 2.84 bits per heavy atom. The second-order valence-electron chi connectivity index (χ2n) is 4.41. The minimum atomic E-state index is 0. The lowest BCUT2D eigenvalue weighted by Gasteiger charge is -2.11. The molecule has 0 bridgehead atoms. The summed E-state index contributed by atoms with van der Waals surface area (Å²) in [7, 11) is 4.10. The SMILES string of the molecule is CN(C)Cc1cccc(OCCc2ncco2)c1.Cl. The quantitative estimate of drug-likeness (QED) is 0.817. The Bertz CT molecular complexity index is 472. The fourth-order valence-corrected chi connectivity index (χ4v) is 1.73.